The lowest BCUT2D eigenvalue weighted by Gasteiger charge is -2.40. The molecule has 0 amide bonds. The van der Waals surface area contributed by atoms with Crippen LogP contribution in [0.15, 0.2) is 54.6 Å². The van der Waals surface area contributed by atoms with Gasteiger partial charge in [0, 0.05) is 31.0 Å². The van der Waals surface area contributed by atoms with E-state index >= 15 is 0 Å². The molecule has 6 heterocycles. The average Bonchev–Trinajstić information content (AvgIpc) is 3.03. The van der Waals surface area contributed by atoms with E-state index in [1.807, 2.05) is 42.5 Å². The fourth-order valence-corrected chi connectivity index (χ4v) is 7.24. The van der Waals surface area contributed by atoms with E-state index in [0.29, 0.717) is 66.1 Å². The predicted octanol–water partition coefficient (Wildman–Crippen LogP) is 5.41. The number of aromatic hydroxyl groups is 1. The molecule has 6 aliphatic rings. The molecule has 9 heteroatoms. The molecule has 10 rings (SSSR count). The van der Waals surface area contributed by atoms with Crippen LogP contribution in [0.25, 0.3) is 0 Å². The van der Waals surface area contributed by atoms with Crippen molar-refractivity contribution in [2.45, 2.75) is 37.8 Å². The van der Waals surface area contributed by atoms with Gasteiger partial charge in [0.05, 0.1) is 26.3 Å². The Balaban J connectivity index is 1.38. The SMILES string of the molecule is COc1ccc2cc1Oc1ccc(cc1)C[C@H]1c3c(cc(O)c4c3Oc3c(OC)cc5c(c3O4)[C@@H](C2)N(C)CC5)CC[NH+]1[O-]. The second kappa shape index (κ2) is 10.3. The maximum Gasteiger partial charge on any atom is 0.212 e. The molecule has 4 aromatic rings. The number of hydrogen-bond acceptors (Lipinski definition) is 8. The molecule has 3 atom stereocenters. The van der Waals surface area contributed by atoms with Crippen LogP contribution in [-0.2, 0) is 25.7 Å². The molecule has 0 radical (unpaired) electrons. The number of methoxy groups -OCH3 is 2. The zero-order valence-electron chi connectivity index (χ0n) is 24.9. The lowest BCUT2D eigenvalue weighted by atomic mass is 9.86. The summed E-state index contributed by atoms with van der Waals surface area (Å²) in [7, 11) is 5.37. The number of benzene rings is 4. The minimum absolute atomic E-state index is 0.00508. The third-order valence-corrected chi connectivity index (χ3v) is 9.52. The number of likely N-dealkylation sites (N-methyl/N-ethyl adjacent to an activating group) is 1. The van der Waals surface area contributed by atoms with Crippen molar-refractivity contribution in [2.75, 3.05) is 34.4 Å². The molecule has 4 aromatic carbocycles. The van der Waals surface area contributed by atoms with Crippen LogP contribution in [0.3, 0.4) is 0 Å². The first kappa shape index (κ1) is 27.1. The first-order chi connectivity index (χ1) is 21.4. The van der Waals surface area contributed by atoms with Crippen LogP contribution < -0.4 is 28.7 Å². The molecular formula is C35H34N2O7. The number of phenolic OH excluding ortho intramolecular Hbond substituents is 1. The molecule has 0 fully saturated rings. The van der Waals surface area contributed by atoms with Crippen LogP contribution in [0.1, 0.15) is 45.5 Å². The lowest BCUT2D eigenvalue weighted by Crippen LogP contribution is -3.09. The maximum absolute atomic E-state index is 13.5. The zero-order chi connectivity index (χ0) is 30.1. The Morgan fingerprint density at radius 1 is 0.795 bits per heavy atom. The number of rotatable bonds is 2. The molecule has 0 saturated carbocycles. The Labute approximate surface area is 255 Å². The third kappa shape index (κ3) is 4.26. The van der Waals surface area contributed by atoms with E-state index in [1.54, 1.807) is 20.3 Å². The highest BCUT2D eigenvalue weighted by atomic mass is 16.6. The van der Waals surface area contributed by atoms with Gasteiger partial charge in [-0.05, 0) is 78.5 Å². The Morgan fingerprint density at radius 2 is 1.52 bits per heavy atom. The van der Waals surface area contributed by atoms with Crippen LogP contribution in [0.4, 0.5) is 0 Å². The smallest absolute Gasteiger partial charge is 0.212 e. The Bertz CT molecular complexity index is 1790. The average molecular weight is 595 g/mol. The zero-order valence-corrected chi connectivity index (χ0v) is 24.9. The van der Waals surface area contributed by atoms with Crippen molar-refractivity contribution in [1.82, 2.24) is 4.90 Å². The van der Waals surface area contributed by atoms with E-state index in [4.69, 9.17) is 23.7 Å². The van der Waals surface area contributed by atoms with Crippen LogP contribution in [0, 0.1) is 5.21 Å². The van der Waals surface area contributed by atoms with Gasteiger partial charge in [-0.15, -0.1) is 0 Å². The summed E-state index contributed by atoms with van der Waals surface area (Å²) in [4.78, 5) is 2.32. The number of hydroxylamine groups is 2. The second-order valence-electron chi connectivity index (χ2n) is 12.0. The van der Waals surface area contributed by atoms with E-state index in [-0.39, 0.29) is 22.6 Å². The van der Waals surface area contributed by atoms with Gasteiger partial charge in [-0.1, -0.05) is 18.2 Å². The summed E-state index contributed by atoms with van der Waals surface area (Å²) in [5.74, 6) is 4.17. The van der Waals surface area contributed by atoms with Gasteiger partial charge in [-0.2, -0.15) is 0 Å². The van der Waals surface area contributed by atoms with Gasteiger partial charge < -0.3 is 39.1 Å². The van der Waals surface area contributed by atoms with Gasteiger partial charge in [0.25, 0.3) is 0 Å². The number of hydrogen-bond donors (Lipinski definition) is 2. The summed E-state index contributed by atoms with van der Waals surface area (Å²) in [6.07, 6.45) is 2.49. The van der Waals surface area contributed by atoms with Crippen molar-refractivity contribution in [3.05, 3.63) is 93.2 Å². The standard InChI is InChI=1S/C35H34N2O7/c1-36-12-10-22-18-29(41-3)33-35-30(22)24(36)15-20-6-9-27(40-2)28(16-20)42-23-7-4-19(5-8-23)14-25-31-21(11-13-37(25)39)17-26(38)32(43-35)34(31)44-33/h4-9,16-18,24-25,37-38H,10-15H2,1-3H3/t24-,25+/m1/s1. The molecule has 6 aliphatic heterocycles. The number of phenols is 1. The molecule has 0 aromatic heterocycles. The van der Waals surface area contributed by atoms with Crippen LogP contribution in [-0.4, -0.2) is 44.4 Å². The van der Waals surface area contributed by atoms with Crippen LogP contribution in [0.5, 0.6) is 51.7 Å². The largest absolute Gasteiger partial charge is 0.634 e. The normalized spacial score (nSPS) is 21.4. The van der Waals surface area contributed by atoms with Gasteiger partial charge in [0.1, 0.15) is 11.8 Å². The molecule has 0 spiro atoms. The number of quaternary nitrogens is 1. The van der Waals surface area contributed by atoms with Gasteiger partial charge in [-0.3, -0.25) is 4.90 Å². The van der Waals surface area contributed by atoms with Gasteiger partial charge in [0.2, 0.25) is 11.5 Å². The highest BCUT2D eigenvalue weighted by Gasteiger charge is 2.41. The maximum atomic E-state index is 13.5. The second-order valence-corrected chi connectivity index (χ2v) is 12.0. The van der Waals surface area contributed by atoms with Crippen LogP contribution >= 0.6 is 0 Å². The summed E-state index contributed by atoms with van der Waals surface area (Å²) in [6, 6.07) is 17.1. The van der Waals surface area contributed by atoms with E-state index < -0.39 is 6.04 Å². The van der Waals surface area contributed by atoms with Crippen molar-refractivity contribution >= 4 is 0 Å². The lowest BCUT2D eigenvalue weighted by molar-refractivity contribution is -0.884. The Morgan fingerprint density at radius 3 is 2.32 bits per heavy atom. The Hall–Kier alpha value is -4.44. The fraction of sp³-hybridized carbons (Fsp3) is 0.314. The molecule has 1 unspecified atom stereocenters. The molecule has 2 N–H and O–H groups in total. The topological polar surface area (TPSA) is 97.1 Å². The van der Waals surface area contributed by atoms with Gasteiger partial charge >= 0.3 is 0 Å². The van der Waals surface area contributed by atoms with E-state index in [0.717, 1.165) is 46.3 Å². The quantitative estimate of drug-likeness (QED) is 0.262. The number of ether oxygens (including phenoxy) is 5. The highest BCUT2D eigenvalue weighted by molar-refractivity contribution is 5.71. The van der Waals surface area contributed by atoms with Gasteiger partial charge in [-0.25, -0.2) is 0 Å². The summed E-state index contributed by atoms with van der Waals surface area (Å²) >= 11 is 0. The van der Waals surface area contributed by atoms with E-state index in [2.05, 4.69) is 18.0 Å². The van der Waals surface area contributed by atoms with Crippen molar-refractivity contribution in [3.63, 3.8) is 0 Å². The molecule has 9 nitrogen and oxygen atoms in total. The molecular weight excluding hydrogens is 560 g/mol. The minimum atomic E-state index is -0.455. The van der Waals surface area contributed by atoms with Crippen molar-refractivity contribution in [2.24, 2.45) is 0 Å². The number of nitrogens with zero attached hydrogens (tertiary/aromatic N) is 1. The number of nitrogens with one attached hydrogen (secondary N) is 1. The summed E-state index contributed by atoms with van der Waals surface area (Å²) in [6.45, 7) is 1.25. The van der Waals surface area contributed by atoms with E-state index in [1.165, 1.54) is 0 Å². The molecule has 10 bridgehead atoms. The minimum Gasteiger partial charge on any atom is -0.634 e. The van der Waals surface area contributed by atoms with Gasteiger partial charge in [0.15, 0.2) is 34.5 Å². The Kier molecular flexibility index (Phi) is 6.37. The molecule has 0 aliphatic carbocycles. The third-order valence-electron chi connectivity index (χ3n) is 9.52. The summed E-state index contributed by atoms with van der Waals surface area (Å²) < 4.78 is 31.3. The first-order valence-corrected chi connectivity index (χ1v) is 15.1. The number of fused-ring (bicyclic) bond motifs is 1. The molecule has 226 valence electrons. The summed E-state index contributed by atoms with van der Waals surface area (Å²) in [5.41, 5.74) is 5.84. The van der Waals surface area contributed by atoms with E-state index in [9.17, 15) is 10.3 Å². The van der Waals surface area contributed by atoms with Crippen molar-refractivity contribution in [3.8, 4) is 51.7 Å². The predicted molar refractivity (Wildman–Crippen MR) is 163 cm³/mol. The monoisotopic (exact) mass is 594 g/mol. The first-order valence-electron chi connectivity index (χ1n) is 15.1. The molecule has 0 saturated heterocycles. The molecule has 44 heavy (non-hydrogen) atoms. The van der Waals surface area contributed by atoms with Crippen LogP contribution in [0.2, 0.25) is 0 Å². The summed E-state index contributed by atoms with van der Waals surface area (Å²) in [5, 5.41) is 25.0. The van der Waals surface area contributed by atoms with Crippen molar-refractivity contribution in [1.29, 1.82) is 0 Å². The van der Waals surface area contributed by atoms with Crippen molar-refractivity contribution < 1.29 is 33.9 Å². The highest BCUT2D eigenvalue weighted by Crippen LogP contribution is 2.59. The fourth-order valence-electron chi connectivity index (χ4n) is 7.24.